The molecule has 0 spiro atoms. The largest absolute Gasteiger partial charge is 0.298 e. The summed E-state index contributed by atoms with van der Waals surface area (Å²) in [5.74, 6) is -0.717. The van der Waals surface area contributed by atoms with Crippen molar-refractivity contribution in [2.75, 3.05) is 0 Å². The molecule has 3 N–H and O–H groups in total. The van der Waals surface area contributed by atoms with Crippen molar-refractivity contribution in [2.45, 2.75) is 6.92 Å². The van der Waals surface area contributed by atoms with Gasteiger partial charge in [0.15, 0.2) is 5.11 Å². The number of nitrogens with one attached hydrogen (secondary N) is 3. The topological polar surface area (TPSA) is 70.2 Å². The Morgan fingerprint density at radius 3 is 2.43 bits per heavy atom. The number of benzene rings is 2. The van der Waals surface area contributed by atoms with Gasteiger partial charge in [0.1, 0.15) is 0 Å². The predicted molar refractivity (Wildman–Crippen MR) is 96.0 cm³/mol. The summed E-state index contributed by atoms with van der Waals surface area (Å²) < 4.78 is 0.661. The molecule has 0 unspecified atom stereocenters. The van der Waals surface area contributed by atoms with Gasteiger partial charge in [-0.25, -0.2) is 0 Å². The van der Waals surface area contributed by atoms with E-state index in [1.54, 1.807) is 42.5 Å². The summed E-state index contributed by atoms with van der Waals surface area (Å²) in [6, 6.07) is 14.1. The lowest BCUT2D eigenvalue weighted by Gasteiger charge is -2.11. The van der Waals surface area contributed by atoms with E-state index in [4.69, 9.17) is 12.2 Å². The van der Waals surface area contributed by atoms with E-state index in [1.807, 2.05) is 13.0 Å². The second-order valence-corrected chi connectivity index (χ2v) is 5.97. The van der Waals surface area contributed by atoms with E-state index in [2.05, 4.69) is 32.1 Å². The average molecular weight is 392 g/mol. The molecule has 7 heteroatoms. The number of hydrogen-bond acceptors (Lipinski definition) is 3. The number of thiocarbonyl (C=S) groups is 1. The van der Waals surface area contributed by atoms with Crippen LogP contribution in [0.4, 0.5) is 0 Å². The van der Waals surface area contributed by atoms with Crippen LogP contribution in [0.3, 0.4) is 0 Å². The van der Waals surface area contributed by atoms with Crippen LogP contribution in [0.1, 0.15) is 26.3 Å². The van der Waals surface area contributed by atoms with Crippen LogP contribution in [0.25, 0.3) is 0 Å². The van der Waals surface area contributed by atoms with Crippen LogP contribution in [-0.2, 0) is 0 Å². The van der Waals surface area contributed by atoms with Gasteiger partial charge in [-0.05, 0) is 59.3 Å². The Labute approximate surface area is 147 Å². The lowest BCUT2D eigenvalue weighted by Crippen LogP contribution is -2.48. The van der Waals surface area contributed by atoms with Crippen LogP contribution in [-0.4, -0.2) is 16.9 Å². The van der Waals surface area contributed by atoms with Crippen LogP contribution < -0.4 is 16.2 Å². The fraction of sp³-hybridized carbons (Fsp3) is 0.0625. The third-order valence-electron chi connectivity index (χ3n) is 2.92. The summed E-state index contributed by atoms with van der Waals surface area (Å²) in [6.45, 7) is 1.89. The molecule has 0 fully saturated rings. The highest BCUT2D eigenvalue weighted by atomic mass is 79.9. The third-order valence-corrected chi connectivity index (χ3v) is 3.81. The second kappa shape index (κ2) is 7.85. The van der Waals surface area contributed by atoms with Crippen molar-refractivity contribution < 1.29 is 9.59 Å². The summed E-state index contributed by atoms with van der Waals surface area (Å²) in [5, 5.41) is 2.51. The van der Waals surface area contributed by atoms with Gasteiger partial charge in [0.2, 0.25) is 0 Å². The van der Waals surface area contributed by atoms with Crippen molar-refractivity contribution in [1.82, 2.24) is 16.2 Å². The number of hydrogen-bond donors (Lipinski definition) is 3. The van der Waals surface area contributed by atoms with E-state index in [1.165, 1.54) is 0 Å². The summed E-state index contributed by atoms with van der Waals surface area (Å²) >= 11 is 8.29. The highest BCUT2D eigenvalue weighted by Crippen LogP contribution is 2.15. The fourth-order valence-corrected chi connectivity index (χ4v) is 2.43. The Balaban J connectivity index is 1.89. The van der Waals surface area contributed by atoms with Gasteiger partial charge in [0.05, 0.1) is 5.56 Å². The third kappa shape index (κ3) is 4.87. The molecule has 2 amide bonds. The average Bonchev–Trinajstić information content (AvgIpc) is 2.53. The molecule has 0 aliphatic rings. The first kappa shape index (κ1) is 17.1. The first-order valence-electron chi connectivity index (χ1n) is 6.70. The van der Waals surface area contributed by atoms with Crippen molar-refractivity contribution in [2.24, 2.45) is 0 Å². The normalized spacial score (nSPS) is 9.83. The van der Waals surface area contributed by atoms with Gasteiger partial charge < -0.3 is 0 Å². The maximum atomic E-state index is 12.0. The van der Waals surface area contributed by atoms with Crippen molar-refractivity contribution in [3.63, 3.8) is 0 Å². The second-order valence-electron chi connectivity index (χ2n) is 4.71. The van der Waals surface area contributed by atoms with Gasteiger partial charge in [-0.15, -0.1) is 0 Å². The van der Waals surface area contributed by atoms with Crippen LogP contribution in [0.15, 0.2) is 53.0 Å². The van der Waals surface area contributed by atoms with Gasteiger partial charge in [0.25, 0.3) is 11.8 Å². The number of amides is 2. The van der Waals surface area contributed by atoms with E-state index in [0.717, 1.165) is 5.56 Å². The van der Waals surface area contributed by atoms with Crippen LogP contribution in [0.5, 0.6) is 0 Å². The first-order valence-corrected chi connectivity index (χ1v) is 7.90. The Morgan fingerprint density at radius 2 is 1.74 bits per heavy atom. The van der Waals surface area contributed by atoms with E-state index in [-0.39, 0.29) is 16.9 Å². The van der Waals surface area contributed by atoms with Crippen molar-refractivity contribution in [1.29, 1.82) is 0 Å². The number of carbonyl (C=O) groups is 2. The smallest absolute Gasteiger partial charge is 0.270 e. The van der Waals surface area contributed by atoms with Crippen molar-refractivity contribution >= 4 is 45.1 Å². The zero-order chi connectivity index (χ0) is 16.8. The van der Waals surface area contributed by atoms with Crippen LogP contribution in [0, 0.1) is 6.92 Å². The molecule has 118 valence electrons. The summed E-state index contributed by atoms with van der Waals surface area (Å²) in [6.07, 6.45) is 0. The molecule has 0 saturated heterocycles. The minimum atomic E-state index is -0.371. The molecule has 2 aromatic carbocycles. The van der Waals surface area contributed by atoms with Gasteiger partial charge >= 0.3 is 0 Å². The molecule has 0 aliphatic carbocycles. The van der Waals surface area contributed by atoms with E-state index in [0.29, 0.717) is 15.6 Å². The lowest BCUT2D eigenvalue weighted by atomic mass is 10.1. The SMILES string of the molecule is Cc1cccc(C(=O)NC(=S)NNC(=O)c2ccccc2Br)c1. The minimum absolute atomic E-state index is 0.0110. The highest BCUT2D eigenvalue weighted by molar-refractivity contribution is 9.10. The van der Waals surface area contributed by atoms with E-state index < -0.39 is 0 Å². The molecular weight excluding hydrogens is 378 g/mol. The molecule has 0 aliphatic heterocycles. The van der Waals surface area contributed by atoms with E-state index in [9.17, 15) is 9.59 Å². The number of hydrazine groups is 1. The lowest BCUT2D eigenvalue weighted by molar-refractivity contribution is 0.0934. The Kier molecular flexibility index (Phi) is 5.84. The van der Waals surface area contributed by atoms with Gasteiger partial charge in [-0.3, -0.25) is 25.8 Å². The minimum Gasteiger partial charge on any atom is -0.298 e. The van der Waals surface area contributed by atoms with Crippen LogP contribution >= 0.6 is 28.1 Å². The summed E-state index contributed by atoms with van der Waals surface area (Å²) in [7, 11) is 0. The maximum absolute atomic E-state index is 12.0. The van der Waals surface area contributed by atoms with Gasteiger partial charge in [0, 0.05) is 10.0 Å². The van der Waals surface area contributed by atoms with Crippen molar-refractivity contribution in [3.05, 3.63) is 69.7 Å². The summed E-state index contributed by atoms with van der Waals surface area (Å²) in [4.78, 5) is 24.0. The molecule has 2 rings (SSSR count). The number of carbonyl (C=O) groups excluding carboxylic acids is 2. The monoisotopic (exact) mass is 391 g/mol. The van der Waals surface area contributed by atoms with Gasteiger partial charge in [-0.1, -0.05) is 29.8 Å². The Morgan fingerprint density at radius 1 is 1.00 bits per heavy atom. The maximum Gasteiger partial charge on any atom is 0.270 e. The number of halogens is 1. The predicted octanol–water partition coefficient (Wildman–Crippen LogP) is 2.71. The highest BCUT2D eigenvalue weighted by Gasteiger charge is 2.11. The van der Waals surface area contributed by atoms with E-state index >= 15 is 0 Å². The molecule has 0 radical (unpaired) electrons. The van der Waals surface area contributed by atoms with Gasteiger partial charge in [-0.2, -0.15) is 0 Å². The van der Waals surface area contributed by atoms with Crippen LogP contribution in [0.2, 0.25) is 0 Å². The summed E-state index contributed by atoms with van der Waals surface area (Å²) in [5.41, 5.74) is 6.85. The molecule has 0 bridgehead atoms. The quantitative estimate of drug-likeness (QED) is 0.543. The standard InChI is InChI=1S/C16H14BrN3O2S/c1-10-5-4-6-11(9-10)14(21)18-16(23)20-19-15(22)12-7-2-3-8-13(12)17/h2-9H,1H3,(H,19,22)(H2,18,20,21,23). The number of rotatable bonds is 2. The zero-order valence-electron chi connectivity index (χ0n) is 12.2. The fourth-order valence-electron chi connectivity index (χ4n) is 1.82. The molecule has 5 nitrogen and oxygen atoms in total. The Hall–Kier alpha value is -2.25. The first-order chi connectivity index (χ1) is 11.0. The molecule has 0 saturated carbocycles. The molecule has 23 heavy (non-hydrogen) atoms. The molecular formula is C16H14BrN3O2S. The Bertz CT molecular complexity index is 764. The molecule has 2 aromatic rings. The molecule has 0 atom stereocenters. The molecule has 0 heterocycles. The molecule has 0 aromatic heterocycles. The van der Waals surface area contributed by atoms with Crippen molar-refractivity contribution in [3.8, 4) is 0 Å². The number of aryl methyl sites for hydroxylation is 1. The zero-order valence-corrected chi connectivity index (χ0v) is 14.6.